The van der Waals surface area contributed by atoms with Crippen LogP contribution in [0.2, 0.25) is 0 Å². The summed E-state index contributed by atoms with van der Waals surface area (Å²) in [6.45, 7) is 12.0. The summed E-state index contributed by atoms with van der Waals surface area (Å²) in [4.78, 5) is 0. The highest BCUT2D eigenvalue weighted by Crippen LogP contribution is 2.24. The molecule has 0 bridgehead atoms. The summed E-state index contributed by atoms with van der Waals surface area (Å²) in [7, 11) is 2.00. The minimum atomic E-state index is 0.111. The summed E-state index contributed by atoms with van der Waals surface area (Å²) in [5, 5.41) is 8.18. The van der Waals surface area contributed by atoms with Crippen molar-refractivity contribution in [3.8, 4) is 0 Å². The maximum atomic E-state index is 4.59. The summed E-state index contributed by atoms with van der Waals surface area (Å²) in [5.41, 5.74) is 2.63. The van der Waals surface area contributed by atoms with Crippen molar-refractivity contribution in [3.05, 3.63) is 17.5 Å². The fourth-order valence-electron chi connectivity index (χ4n) is 1.94. The summed E-state index contributed by atoms with van der Waals surface area (Å²) in [6.07, 6.45) is 2.13. The highest BCUT2D eigenvalue weighted by Gasteiger charge is 2.21. The molecule has 0 saturated carbocycles. The first kappa shape index (κ1) is 15.6. The van der Waals surface area contributed by atoms with Gasteiger partial charge >= 0.3 is 0 Å². The van der Waals surface area contributed by atoms with Crippen LogP contribution in [0.3, 0.4) is 0 Å². The molecule has 0 spiro atoms. The molecule has 1 N–H and O–H groups in total. The fraction of sp³-hybridized carbons (Fsp3) is 0.786. The van der Waals surface area contributed by atoms with Gasteiger partial charge in [-0.3, -0.25) is 4.68 Å². The predicted molar refractivity (Wildman–Crippen MR) is 81.2 cm³/mol. The molecule has 0 saturated heterocycles. The van der Waals surface area contributed by atoms with E-state index >= 15 is 0 Å². The van der Waals surface area contributed by atoms with Crippen LogP contribution in [0.4, 0.5) is 0 Å². The monoisotopic (exact) mass is 269 g/mol. The van der Waals surface area contributed by atoms with Crippen molar-refractivity contribution in [1.82, 2.24) is 15.1 Å². The van der Waals surface area contributed by atoms with Gasteiger partial charge in [-0.15, -0.1) is 0 Å². The van der Waals surface area contributed by atoms with Crippen LogP contribution in [0, 0.1) is 0 Å². The van der Waals surface area contributed by atoms with E-state index < -0.39 is 0 Å². The lowest BCUT2D eigenvalue weighted by atomic mass is 9.89. The number of rotatable bonds is 6. The molecule has 1 heterocycles. The number of aromatic nitrogens is 2. The zero-order chi connectivity index (χ0) is 13.8. The molecule has 18 heavy (non-hydrogen) atoms. The number of hydrogen-bond donors (Lipinski definition) is 1. The summed E-state index contributed by atoms with van der Waals surface area (Å²) in [6, 6.07) is 0.544. The van der Waals surface area contributed by atoms with Crippen molar-refractivity contribution in [2.75, 3.05) is 11.5 Å². The van der Waals surface area contributed by atoms with E-state index in [1.54, 1.807) is 0 Å². The van der Waals surface area contributed by atoms with E-state index in [1.807, 2.05) is 23.5 Å². The van der Waals surface area contributed by atoms with Gasteiger partial charge in [0.15, 0.2) is 0 Å². The summed E-state index contributed by atoms with van der Waals surface area (Å²) >= 11 is 1.98. The SMILES string of the molecule is CCSCC(C)NCc1cn(C)nc1C(C)(C)C. The number of nitrogens with zero attached hydrogens (tertiary/aromatic N) is 2. The van der Waals surface area contributed by atoms with Gasteiger partial charge in [-0.05, 0) is 12.7 Å². The summed E-state index contributed by atoms with van der Waals surface area (Å²) < 4.78 is 1.92. The molecule has 4 heteroatoms. The molecule has 3 nitrogen and oxygen atoms in total. The van der Waals surface area contributed by atoms with Crippen molar-refractivity contribution in [2.24, 2.45) is 7.05 Å². The third-order valence-corrected chi connectivity index (χ3v) is 3.97. The average molecular weight is 269 g/mol. The molecule has 1 rings (SSSR count). The number of thioether (sulfide) groups is 1. The van der Waals surface area contributed by atoms with Crippen LogP contribution in [0.25, 0.3) is 0 Å². The lowest BCUT2D eigenvalue weighted by molar-refractivity contribution is 0.536. The molecule has 0 aliphatic carbocycles. The van der Waals surface area contributed by atoms with E-state index in [1.165, 1.54) is 22.8 Å². The normalized spacial score (nSPS) is 13.9. The average Bonchev–Trinajstić information content (AvgIpc) is 2.65. The number of aryl methyl sites for hydroxylation is 1. The fourth-order valence-corrected chi connectivity index (χ4v) is 2.64. The van der Waals surface area contributed by atoms with Crippen LogP contribution in [0.5, 0.6) is 0 Å². The molecule has 0 radical (unpaired) electrons. The number of nitrogens with one attached hydrogen (secondary N) is 1. The Kier molecular flexibility index (Phi) is 5.73. The maximum Gasteiger partial charge on any atom is 0.0722 e. The molecule has 1 aromatic heterocycles. The molecule has 1 aromatic rings. The number of hydrogen-bond acceptors (Lipinski definition) is 3. The van der Waals surface area contributed by atoms with Crippen LogP contribution in [0.15, 0.2) is 6.20 Å². The van der Waals surface area contributed by atoms with Gasteiger partial charge in [0.2, 0.25) is 0 Å². The van der Waals surface area contributed by atoms with E-state index in [2.05, 4.69) is 51.2 Å². The van der Waals surface area contributed by atoms with Crippen molar-refractivity contribution < 1.29 is 0 Å². The third kappa shape index (κ3) is 4.65. The van der Waals surface area contributed by atoms with E-state index in [-0.39, 0.29) is 5.41 Å². The highest BCUT2D eigenvalue weighted by atomic mass is 32.2. The predicted octanol–water partition coefficient (Wildman–Crippen LogP) is 2.95. The van der Waals surface area contributed by atoms with Crippen LogP contribution in [0.1, 0.15) is 45.9 Å². The van der Waals surface area contributed by atoms with Gasteiger partial charge in [-0.25, -0.2) is 0 Å². The molecule has 0 aromatic carbocycles. The van der Waals surface area contributed by atoms with Crippen molar-refractivity contribution >= 4 is 11.8 Å². The van der Waals surface area contributed by atoms with Crippen LogP contribution in [-0.2, 0) is 19.0 Å². The molecule has 104 valence electrons. The molecule has 0 amide bonds. The van der Waals surface area contributed by atoms with Gasteiger partial charge in [-0.2, -0.15) is 16.9 Å². The Bertz CT molecular complexity index is 366. The minimum absolute atomic E-state index is 0.111. The van der Waals surface area contributed by atoms with Gasteiger partial charge in [-0.1, -0.05) is 27.7 Å². The lowest BCUT2D eigenvalue weighted by Gasteiger charge is -2.19. The Morgan fingerprint density at radius 2 is 2.11 bits per heavy atom. The standard InChI is InChI=1S/C14H27N3S/c1-7-18-10-11(2)15-8-12-9-17(6)16-13(12)14(3,4)5/h9,11,15H,7-8,10H2,1-6H3. The van der Waals surface area contributed by atoms with Crippen LogP contribution < -0.4 is 5.32 Å². The van der Waals surface area contributed by atoms with Gasteiger partial charge in [0.05, 0.1) is 5.69 Å². The maximum absolute atomic E-state index is 4.59. The quantitative estimate of drug-likeness (QED) is 0.861. The second kappa shape index (κ2) is 6.62. The van der Waals surface area contributed by atoms with E-state index in [4.69, 9.17) is 0 Å². The Hall–Kier alpha value is -0.480. The minimum Gasteiger partial charge on any atom is -0.309 e. The van der Waals surface area contributed by atoms with Crippen LogP contribution in [-0.4, -0.2) is 27.3 Å². The third-order valence-electron chi connectivity index (χ3n) is 2.83. The molecule has 0 fully saturated rings. The molecular formula is C14H27N3S. The molecule has 1 unspecified atom stereocenters. The zero-order valence-corrected chi connectivity index (χ0v) is 13.4. The van der Waals surface area contributed by atoms with Crippen molar-refractivity contribution in [3.63, 3.8) is 0 Å². The van der Waals surface area contributed by atoms with E-state index in [0.29, 0.717) is 6.04 Å². The first-order chi connectivity index (χ1) is 8.34. The lowest BCUT2D eigenvalue weighted by Crippen LogP contribution is -2.28. The van der Waals surface area contributed by atoms with E-state index in [0.717, 1.165) is 6.54 Å². The Morgan fingerprint density at radius 1 is 1.44 bits per heavy atom. The second-order valence-corrected chi connectivity index (χ2v) is 7.19. The molecule has 0 aliphatic rings. The van der Waals surface area contributed by atoms with Gasteiger partial charge in [0.25, 0.3) is 0 Å². The first-order valence-electron chi connectivity index (χ1n) is 6.68. The largest absolute Gasteiger partial charge is 0.309 e. The first-order valence-corrected chi connectivity index (χ1v) is 7.84. The van der Waals surface area contributed by atoms with Gasteiger partial charge in [0.1, 0.15) is 0 Å². The van der Waals surface area contributed by atoms with Crippen LogP contribution >= 0.6 is 11.8 Å². The van der Waals surface area contributed by atoms with E-state index in [9.17, 15) is 0 Å². The Balaban J connectivity index is 2.62. The Labute approximate surface area is 116 Å². The Morgan fingerprint density at radius 3 is 2.67 bits per heavy atom. The molecular weight excluding hydrogens is 242 g/mol. The van der Waals surface area contributed by atoms with Gasteiger partial charge in [0, 0.05) is 42.6 Å². The van der Waals surface area contributed by atoms with Crippen molar-refractivity contribution in [2.45, 2.75) is 52.6 Å². The smallest absolute Gasteiger partial charge is 0.0722 e. The van der Waals surface area contributed by atoms with Gasteiger partial charge < -0.3 is 5.32 Å². The zero-order valence-electron chi connectivity index (χ0n) is 12.6. The molecule has 1 atom stereocenters. The summed E-state index contributed by atoms with van der Waals surface area (Å²) in [5.74, 6) is 2.35. The van der Waals surface area contributed by atoms with Crippen molar-refractivity contribution in [1.29, 1.82) is 0 Å². The topological polar surface area (TPSA) is 29.9 Å². The highest BCUT2D eigenvalue weighted by molar-refractivity contribution is 7.99. The molecule has 0 aliphatic heterocycles. The second-order valence-electron chi connectivity index (χ2n) is 5.87.